The molecule has 3 atom stereocenters. The van der Waals surface area contributed by atoms with Crippen LogP contribution in [-0.4, -0.2) is 42.3 Å². The first-order valence-electron chi connectivity index (χ1n) is 9.61. The molecule has 0 saturated carbocycles. The average molecular weight is 361 g/mol. The molecule has 1 aliphatic heterocycles. The molecular weight excluding hydrogens is 328 g/mol. The van der Waals surface area contributed by atoms with E-state index in [2.05, 4.69) is 22.6 Å². The number of nitrogens with two attached hydrogens (primary N) is 2. The smallest absolute Gasteiger partial charge is 0.244 e. The van der Waals surface area contributed by atoms with Crippen molar-refractivity contribution in [3.05, 3.63) is 41.4 Å². The summed E-state index contributed by atoms with van der Waals surface area (Å²) in [6.07, 6.45) is 5.16. The first-order chi connectivity index (χ1) is 12.7. The summed E-state index contributed by atoms with van der Waals surface area (Å²) in [5, 5.41) is 5.55. The molecule has 6 N–H and O–H groups in total. The number of unbranched alkanes of at least 4 members (excludes halogenated alkanes) is 1. The van der Waals surface area contributed by atoms with Crippen molar-refractivity contribution in [1.29, 1.82) is 0 Å². The molecule has 1 amide bonds. The van der Waals surface area contributed by atoms with Gasteiger partial charge in [0.15, 0.2) is 0 Å². The highest BCUT2D eigenvalue weighted by Crippen LogP contribution is 2.15. The van der Waals surface area contributed by atoms with Crippen molar-refractivity contribution in [1.82, 2.24) is 10.2 Å². The first-order valence-corrected chi connectivity index (χ1v) is 9.61. The van der Waals surface area contributed by atoms with Gasteiger partial charge in [-0.25, -0.2) is 0 Å². The summed E-state index contributed by atoms with van der Waals surface area (Å²) in [5.74, 6) is 0.00114. The molecule has 0 aromatic heterocycles. The van der Waals surface area contributed by atoms with Gasteiger partial charge in [0.05, 0.1) is 12.2 Å². The van der Waals surface area contributed by atoms with Gasteiger partial charge in [-0.05, 0) is 44.2 Å². The molecule has 26 heavy (non-hydrogen) atoms. The summed E-state index contributed by atoms with van der Waals surface area (Å²) in [7, 11) is 0. The maximum atomic E-state index is 12.9. The minimum atomic E-state index is -0.346. The van der Waals surface area contributed by atoms with Gasteiger partial charge >= 0.3 is 0 Å². The maximum absolute atomic E-state index is 12.9. The van der Waals surface area contributed by atoms with E-state index in [0.29, 0.717) is 19.5 Å². The Kier molecular flexibility index (Phi) is 8.67. The van der Waals surface area contributed by atoms with Crippen molar-refractivity contribution in [3.63, 3.8) is 0 Å². The summed E-state index contributed by atoms with van der Waals surface area (Å²) >= 11 is 0. The number of rotatable bonds is 11. The zero-order valence-electron chi connectivity index (χ0n) is 15.4. The van der Waals surface area contributed by atoms with Crippen LogP contribution in [-0.2, 0) is 11.2 Å². The van der Waals surface area contributed by atoms with Gasteiger partial charge in [-0.2, -0.15) is 0 Å². The number of hydrogen-bond donors (Lipinski definition) is 4. The highest BCUT2D eigenvalue weighted by molar-refractivity contribution is 5.82. The van der Waals surface area contributed by atoms with Crippen LogP contribution >= 0.6 is 0 Å². The van der Waals surface area contributed by atoms with Crippen LogP contribution in [0.25, 0.3) is 5.53 Å². The van der Waals surface area contributed by atoms with E-state index in [1.165, 1.54) is 5.56 Å². The Balaban J connectivity index is 1.92. The first kappa shape index (κ1) is 20.5. The summed E-state index contributed by atoms with van der Waals surface area (Å²) in [4.78, 5) is 14.7. The van der Waals surface area contributed by atoms with E-state index in [1.54, 1.807) is 4.90 Å². The number of hydrogen-bond acceptors (Lipinski definition) is 4. The molecule has 7 heteroatoms. The second kappa shape index (κ2) is 11.0. The quantitative estimate of drug-likeness (QED) is 0.253. The van der Waals surface area contributed by atoms with Gasteiger partial charge in [0.2, 0.25) is 12.1 Å². The molecule has 0 bridgehead atoms. The van der Waals surface area contributed by atoms with E-state index in [1.807, 2.05) is 18.2 Å². The van der Waals surface area contributed by atoms with E-state index < -0.39 is 0 Å². The molecule has 0 spiro atoms. The molecule has 2 rings (SSSR count). The van der Waals surface area contributed by atoms with Crippen LogP contribution in [0.15, 0.2) is 30.3 Å². The van der Waals surface area contributed by atoms with Crippen LogP contribution in [0.1, 0.15) is 44.1 Å². The molecule has 1 aromatic carbocycles. The highest BCUT2D eigenvalue weighted by atomic mass is 16.2. The number of benzene rings is 1. The van der Waals surface area contributed by atoms with Crippen molar-refractivity contribution in [2.45, 2.75) is 63.3 Å². The number of carbonyl (C=O) groups excluding carboxylic acids is 1. The Morgan fingerprint density at radius 3 is 2.77 bits per heavy atom. The van der Waals surface area contributed by atoms with Gasteiger partial charge in [0.25, 0.3) is 0 Å². The van der Waals surface area contributed by atoms with Crippen LogP contribution < -0.4 is 21.9 Å². The fourth-order valence-electron chi connectivity index (χ4n) is 3.44. The van der Waals surface area contributed by atoms with Gasteiger partial charge in [0.1, 0.15) is 0 Å². The van der Waals surface area contributed by atoms with Crippen molar-refractivity contribution in [2.75, 3.05) is 13.1 Å². The Labute approximate surface area is 156 Å². The lowest BCUT2D eigenvalue weighted by Gasteiger charge is -2.28. The predicted molar refractivity (Wildman–Crippen MR) is 102 cm³/mol. The van der Waals surface area contributed by atoms with E-state index in [-0.39, 0.29) is 24.3 Å². The number of likely N-dealkylation sites (tertiary alicyclic amines) is 1. The molecule has 1 fully saturated rings. The summed E-state index contributed by atoms with van der Waals surface area (Å²) in [5.41, 5.74) is 22.3. The van der Waals surface area contributed by atoms with E-state index in [0.717, 1.165) is 38.5 Å². The average Bonchev–Trinajstić information content (AvgIpc) is 3.15. The zero-order valence-corrected chi connectivity index (χ0v) is 15.4. The molecule has 1 heterocycles. The van der Waals surface area contributed by atoms with Crippen LogP contribution in [0, 0.1) is 0 Å². The third-order valence-corrected chi connectivity index (χ3v) is 4.93. The number of aryl methyl sites for hydroxylation is 1. The Hall–Kier alpha value is -1.83. The monoisotopic (exact) mass is 360 g/mol. The van der Waals surface area contributed by atoms with E-state index >= 15 is 0 Å². The molecule has 7 nitrogen and oxygen atoms in total. The molecule has 1 aliphatic rings. The Bertz CT molecular complexity index is 552. The van der Waals surface area contributed by atoms with Crippen molar-refractivity contribution < 1.29 is 9.91 Å². The molecule has 144 valence electrons. The Morgan fingerprint density at radius 1 is 1.31 bits per heavy atom. The van der Waals surface area contributed by atoms with Crippen LogP contribution in [0.5, 0.6) is 0 Å². The van der Waals surface area contributed by atoms with Crippen LogP contribution in [0.2, 0.25) is 0 Å². The molecule has 1 aromatic rings. The molecular formula is C19H32N6O. The van der Waals surface area contributed by atoms with Gasteiger partial charge in [-0.15, -0.1) is 0 Å². The maximum Gasteiger partial charge on any atom is 0.244 e. The largest absolute Gasteiger partial charge is 0.507 e. The predicted octanol–water partition coefficient (Wildman–Crippen LogP) is 0.0419. The van der Waals surface area contributed by atoms with Gasteiger partial charge in [-0.1, -0.05) is 36.8 Å². The van der Waals surface area contributed by atoms with Crippen molar-refractivity contribution >= 4 is 5.91 Å². The van der Waals surface area contributed by atoms with Gasteiger partial charge in [-0.3, -0.25) is 15.0 Å². The summed E-state index contributed by atoms with van der Waals surface area (Å²) in [6, 6.07) is 9.85. The third-order valence-electron chi connectivity index (χ3n) is 4.93. The minimum Gasteiger partial charge on any atom is -0.507 e. The fraction of sp³-hybridized carbons (Fsp3) is 0.632. The normalized spacial score (nSPS) is 19.3. The third kappa shape index (κ3) is 6.16. The van der Waals surface area contributed by atoms with Crippen molar-refractivity contribution in [2.24, 2.45) is 11.5 Å². The number of nitrogens with one attached hydrogen (secondary N) is 2. The lowest BCUT2D eigenvalue weighted by atomic mass is 10.1. The number of carbonyl (C=O) groups is 1. The zero-order chi connectivity index (χ0) is 18.8. The molecule has 3 unspecified atom stereocenters. The lowest BCUT2D eigenvalue weighted by molar-refractivity contribution is -0.545. The summed E-state index contributed by atoms with van der Waals surface area (Å²) < 4.78 is 0. The number of amides is 1. The van der Waals surface area contributed by atoms with Gasteiger partial charge < -0.3 is 22.1 Å². The van der Waals surface area contributed by atoms with Gasteiger partial charge in [0, 0.05) is 13.0 Å². The molecule has 0 radical (unpaired) electrons. The second-order valence-corrected chi connectivity index (χ2v) is 6.95. The molecule has 0 aliphatic carbocycles. The SMILES string of the molecule is [N-]=[NH+]C1CCCN1C(=O)C(CCCCN)NC(N)CCc1ccccc1. The topological polar surface area (TPSA) is 121 Å². The van der Waals surface area contributed by atoms with E-state index in [9.17, 15) is 10.3 Å². The number of nitrogens with zero attached hydrogens (tertiary/aromatic N) is 2. The van der Waals surface area contributed by atoms with Crippen LogP contribution in [0.3, 0.4) is 0 Å². The second-order valence-electron chi connectivity index (χ2n) is 6.95. The van der Waals surface area contributed by atoms with Crippen molar-refractivity contribution in [3.8, 4) is 0 Å². The van der Waals surface area contributed by atoms with Crippen LogP contribution in [0.4, 0.5) is 0 Å². The summed E-state index contributed by atoms with van der Waals surface area (Å²) in [6.45, 7) is 1.27. The fourth-order valence-corrected chi connectivity index (χ4v) is 3.44. The lowest BCUT2D eigenvalue weighted by Crippen LogP contribution is -2.77. The minimum absolute atomic E-state index is 0.00114. The molecule has 1 saturated heterocycles. The van der Waals surface area contributed by atoms with E-state index in [4.69, 9.17) is 11.5 Å². The highest BCUT2D eigenvalue weighted by Gasteiger charge is 2.34. The Morgan fingerprint density at radius 2 is 2.08 bits per heavy atom. The standard InChI is InChI=1S/C19H32N6O/c20-13-5-4-9-16(19(26)25-14-6-10-18(25)24-22)23-17(21)12-11-15-7-2-1-3-8-15/h1-3,7-8,16-18,23-24H,4-6,9-14,20-21H2.